The molecule has 146 valence electrons. The highest BCUT2D eigenvalue weighted by Gasteiger charge is 2.56. The summed E-state index contributed by atoms with van der Waals surface area (Å²) in [5, 5.41) is 5.53. The number of rotatable bonds is 7. The summed E-state index contributed by atoms with van der Waals surface area (Å²) >= 11 is 0. The Bertz CT molecular complexity index is 934. The molecule has 7 nitrogen and oxygen atoms in total. The number of methoxy groups -OCH3 is 2. The van der Waals surface area contributed by atoms with Crippen LogP contribution in [0.2, 0.25) is 0 Å². The zero-order valence-corrected chi connectivity index (χ0v) is 16.0. The summed E-state index contributed by atoms with van der Waals surface area (Å²) in [5.74, 6) is 0.137. The van der Waals surface area contributed by atoms with E-state index in [1.54, 1.807) is 42.5 Å². The van der Waals surface area contributed by atoms with Gasteiger partial charge in [-0.1, -0.05) is 12.1 Å². The monoisotopic (exact) mass is 382 g/mol. The maximum Gasteiger partial charge on any atom is 0.240 e. The van der Waals surface area contributed by atoms with Crippen molar-refractivity contribution in [3.8, 4) is 11.5 Å². The van der Waals surface area contributed by atoms with Gasteiger partial charge >= 0.3 is 0 Å². The van der Waals surface area contributed by atoms with Gasteiger partial charge < -0.3 is 20.1 Å². The number of hydrogen-bond acceptors (Lipinski definition) is 5. The molecule has 0 aromatic heterocycles. The highest BCUT2D eigenvalue weighted by atomic mass is 16.5. The summed E-state index contributed by atoms with van der Waals surface area (Å²) in [7, 11) is 3.03. The van der Waals surface area contributed by atoms with Crippen LogP contribution in [-0.4, -0.2) is 31.8 Å². The summed E-state index contributed by atoms with van der Waals surface area (Å²) in [6.07, 6.45) is 0.896. The number of carbonyl (C=O) groups is 3. The van der Waals surface area contributed by atoms with Gasteiger partial charge in [0.2, 0.25) is 11.8 Å². The number of amides is 2. The molecular weight excluding hydrogens is 360 g/mol. The second kappa shape index (κ2) is 7.72. The van der Waals surface area contributed by atoms with E-state index in [0.717, 1.165) is 0 Å². The van der Waals surface area contributed by atoms with Crippen LogP contribution in [0, 0.1) is 5.41 Å². The Morgan fingerprint density at radius 2 is 1.64 bits per heavy atom. The van der Waals surface area contributed by atoms with Gasteiger partial charge in [-0.3, -0.25) is 14.4 Å². The van der Waals surface area contributed by atoms with E-state index in [-0.39, 0.29) is 5.78 Å². The number of ketones is 1. The number of ether oxygens (including phenoxy) is 2. The van der Waals surface area contributed by atoms with Gasteiger partial charge in [0.1, 0.15) is 16.9 Å². The van der Waals surface area contributed by atoms with E-state index in [1.165, 1.54) is 21.1 Å². The summed E-state index contributed by atoms with van der Waals surface area (Å²) < 4.78 is 10.4. The van der Waals surface area contributed by atoms with Gasteiger partial charge in [0.05, 0.1) is 19.9 Å². The first-order chi connectivity index (χ1) is 13.4. The van der Waals surface area contributed by atoms with Crippen molar-refractivity contribution in [2.75, 3.05) is 24.9 Å². The molecule has 1 saturated carbocycles. The van der Waals surface area contributed by atoms with Crippen LogP contribution in [0.5, 0.6) is 11.5 Å². The van der Waals surface area contributed by atoms with Crippen LogP contribution in [0.1, 0.15) is 30.1 Å². The summed E-state index contributed by atoms with van der Waals surface area (Å²) in [6.45, 7) is 1.46. The molecule has 2 aromatic carbocycles. The Kier molecular flexibility index (Phi) is 5.35. The van der Waals surface area contributed by atoms with Crippen LogP contribution in [0.15, 0.2) is 42.5 Å². The maximum absolute atomic E-state index is 12.8. The van der Waals surface area contributed by atoms with Gasteiger partial charge in [-0.2, -0.15) is 0 Å². The lowest BCUT2D eigenvalue weighted by Crippen LogP contribution is -2.35. The van der Waals surface area contributed by atoms with Crippen molar-refractivity contribution < 1.29 is 23.9 Å². The highest BCUT2D eigenvalue weighted by Crippen LogP contribution is 2.48. The minimum atomic E-state index is -1.14. The average Bonchev–Trinajstić information content (AvgIpc) is 3.50. The van der Waals surface area contributed by atoms with Crippen LogP contribution in [-0.2, 0) is 9.59 Å². The highest BCUT2D eigenvalue weighted by molar-refractivity contribution is 6.17. The Morgan fingerprint density at radius 3 is 2.25 bits per heavy atom. The molecule has 28 heavy (non-hydrogen) atoms. The van der Waals surface area contributed by atoms with E-state index in [2.05, 4.69) is 10.6 Å². The fraction of sp³-hybridized carbons (Fsp3) is 0.286. The molecule has 2 amide bonds. The fourth-order valence-corrected chi connectivity index (χ4v) is 2.90. The summed E-state index contributed by atoms with van der Waals surface area (Å²) in [6, 6.07) is 11.7. The summed E-state index contributed by atoms with van der Waals surface area (Å²) in [5.41, 5.74) is 0.272. The van der Waals surface area contributed by atoms with Gasteiger partial charge in [0.15, 0.2) is 5.78 Å². The van der Waals surface area contributed by atoms with Crippen molar-refractivity contribution in [3.05, 3.63) is 48.0 Å². The van der Waals surface area contributed by atoms with Gasteiger partial charge in [-0.05, 0) is 44.0 Å². The van der Waals surface area contributed by atoms with Crippen LogP contribution < -0.4 is 20.1 Å². The first-order valence-corrected chi connectivity index (χ1v) is 8.85. The molecule has 2 aromatic rings. The van der Waals surface area contributed by atoms with Gasteiger partial charge in [-0.25, -0.2) is 0 Å². The Balaban J connectivity index is 1.76. The van der Waals surface area contributed by atoms with Crippen LogP contribution in [0.25, 0.3) is 0 Å². The van der Waals surface area contributed by atoms with E-state index >= 15 is 0 Å². The van der Waals surface area contributed by atoms with Crippen LogP contribution >= 0.6 is 0 Å². The van der Waals surface area contributed by atoms with E-state index in [9.17, 15) is 14.4 Å². The smallest absolute Gasteiger partial charge is 0.240 e. The van der Waals surface area contributed by atoms with E-state index < -0.39 is 17.2 Å². The van der Waals surface area contributed by atoms with Gasteiger partial charge in [0.25, 0.3) is 0 Å². The van der Waals surface area contributed by atoms with Crippen molar-refractivity contribution in [2.45, 2.75) is 19.8 Å². The van der Waals surface area contributed by atoms with Crippen molar-refractivity contribution in [1.29, 1.82) is 0 Å². The molecule has 0 unspecified atom stereocenters. The molecular formula is C21H22N2O5. The zero-order chi connectivity index (χ0) is 20.3. The molecule has 3 rings (SSSR count). The molecule has 1 aliphatic carbocycles. The quantitative estimate of drug-likeness (QED) is 0.566. The standard InChI is InChI=1S/C21H22N2O5/c1-13(24)14-5-4-6-15(11-14)22-19(25)21(9-10-21)20(26)23-17-12-16(27-2)7-8-18(17)28-3/h4-8,11-12H,9-10H2,1-3H3,(H,22,25)(H,23,26). The van der Waals surface area contributed by atoms with Crippen molar-refractivity contribution in [3.63, 3.8) is 0 Å². The molecule has 0 bridgehead atoms. The normalized spacial score (nSPS) is 14.0. The van der Waals surface area contributed by atoms with Crippen molar-refractivity contribution >= 4 is 29.0 Å². The fourth-order valence-electron chi connectivity index (χ4n) is 2.90. The minimum Gasteiger partial charge on any atom is -0.497 e. The number of benzene rings is 2. The SMILES string of the molecule is COc1ccc(OC)c(NC(=O)C2(C(=O)Nc3cccc(C(C)=O)c3)CC2)c1. The Hall–Kier alpha value is -3.35. The molecule has 2 N–H and O–H groups in total. The topological polar surface area (TPSA) is 93.7 Å². The first-order valence-electron chi connectivity index (χ1n) is 8.85. The molecule has 0 atom stereocenters. The third-order valence-corrected chi connectivity index (χ3v) is 4.80. The molecule has 0 heterocycles. The molecule has 1 aliphatic rings. The average molecular weight is 382 g/mol. The van der Waals surface area contributed by atoms with Crippen LogP contribution in [0.3, 0.4) is 0 Å². The van der Waals surface area contributed by atoms with E-state index in [4.69, 9.17) is 9.47 Å². The molecule has 0 spiro atoms. The lowest BCUT2D eigenvalue weighted by Gasteiger charge is -2.17. The Morgan fingerprint density at radius 1 is 0.929 bits per heavy atom. The predicted octanol–water partition coefficient (Wildman–Crippen LogP) is 3.26. The lowest BCUT2D eigenvalue weighted by atomic mass is 10.0. The Labute approximate surface area is 163 Å². The van der Waals surface area contributed by atoms with E-state index in [0.29, 0.717) is 41.3 Å². The van der Waals surface area contributed by atoms with Gasteiger partial charge in [0, 0.05) is 17.3 Å². The second-order valence-electron chi connectivity index (χ2n) is 6.69. The molecule has 0 radical (unpaired) electrons. The third-order valence-electron chi connectivity index (χ3n) is 4.80. The molecule has 7 heteroatoms. The number of Topliss-reactive ketones (excluding diaryl/α,β-unsaturated/α-hetero) is 1. The van der Waals surface area contributed by atoms with Gasteiger partial charge in [-0.15, -0.1) is 0 Å². The predicted molar refractivity (Wildman–Crippen MR) is 105 cm³/mol. The summed E-state index contributed by atoms with van der Waals surface area (Å²) in [4.78, 5) is 37.1. The number of hydrogen-bond donors (Lipinski definition) is 2. The minimum absolute atomic E-state index is 0.0971. The zero-order valence-electron chi connectivity index (χ0n) is 16.0. The number of nitrogens with one attached hydrogen (secondary N) is 2. The van der Waals surface area contributed by atoms with Crippen molar-refractivity contribution in [2.24, 2.45) is 5.41 Å². The first kappa shape index (κ1) is 19.4. The van der Waals surface area contributed by atoms with E-state index in [1.807, 2.05) is 0 Å². The largest absolute Gasteiger partial charge is 0.497 e. The number of carbonyl (C=O) groups excluding carboxylic acids is 3. The molecule has 0 saturated heterocycles. The van der Waals surface area contributed by atoms with Crippen molar-refractivity contribution in [1.82, 2.24) is 0 Å². The number of anilines is 2. The van der Waals surface area contributed by atoms with Crippen LogP contribution in [0.4, 0.5) is 11.4 Å². The molecule has 0 aliphatic heterocycles. The lowest BCUT2D eigenvalue weighted by molar-refractivity contribution is -0.131. The molecule has 1 fully saturated rings. The third kappa shape index (κ3) is 3.83. The maximum atomic E-state index is 12.8. The second-order valence-corrected chi connectivity index (χ2v) is 6.69.